The number of benzene rings is 1. The Labute approximate surface area is 121 Å². The third-order valence-electron chi connectivity index (χ3n) is 2.75. The fraction of sp³-hybridized carbons (Fsp3) is 0.214. The number of carbonyl (C=O) groups is 1. The molecule has 0 spiro atoms. The van der Waals surface area contributed by atoms with Crippen LogP contribution in [0, 0.1) is 6.92 Å². The van der Waals surface area contributed by atoms with Crippen molar-refractivity contribution in [2.75, 3.05) is 0 Å². The molecule has 19 heavy (non-hydrogen) atoms. The van der Waals surface area contributed by atoms with E-state index < -0.39 is 0 Å². The lowest BCUT2D eigenvalue weighted by Crippen LogP contribution is -2.09. The van der Waals surface area contributed by atoms with Crippen LogP contribution in [0.2, 0.25) is 10.0 Å². The fourth-order valence-electron chi connectivity index (χ4n) is 1.76. The van der Waals surface area contributed by atoms with Crippen LogP contribution in [0.5, 0.6) is 0 Å². The maximum absolute atomic E-state index is 12.5. The molecule has 3 nitrogen and oxygen atoms in total. The first kappa shape index (κ1) is 14.0. The Hall–Kier alpha value is -1.45. The molecule has 2 rings (SSSR count). The van der Waals surface area contributed by atoms with E-state index >= 15 is 0 Å². The van der Waals surface area contributed by atoms with Crippen molar-refractivity contribution in [3.8, 4) is 0 Å². The van der Waals surface area contributed by atoms with E-state index in [-0.39, 0.29) is 5.78 Å². The van der Waals surface area contributed by atoms with Gasteiger partial charge < -0.3 is 0 Å². The van der Waals surface area contributed by atoms with Gasteiger partial charge in [0.2, 0.25) is 0 Å². The highest BCUT2D eigenvalue weighted by Gasteiger charge is 2.16. The number of hydrogen-bond donors (Lipinski definition) is 0. The lowest BCUT2D eigenvalue weighted by atomic mass is 10.0. The normalized spacial score (nSPS) is 10.5. The maximum atomic E-state index is 12.5. The number of halogens is 2. The van der Waals surface area contributed by atoms with Gasteiger partial charge in [0.25, 0.3) is 0 Å². The van der Waals surface area contributed by atoms with E-state index in [1.807, 2.05) is 6.92 Å². The molecule has 0 aliphatic heterocycles. The Balaban J connectivity index is 2.49. The Morgan fingerprint density at radius 3 is 2.53 bits per heavy atom. The molecular formula is C14H12Cl2N2O. The molecule has 5 heteroatoms. The average molecular weight is 295 g/mol. The van der Waals surface area contributed by atoms with Crippen LogP contribution in [0.25, 0.3) is 0 Å². The lowest BCUT2D eigenvalue weighted by Gasteiger charge is -2.07. The SMILES string of the molecule is CCc1nnc(C)cc1C(=O)c1ccc(Cl)c(Cl)c1. The van der Waals surface area contributed by atoms with Crippen molar-refractivity contribution in [2.45, 2.75) is 20.3 Å². The molecule has 0 amide bonds. The van der Waals surface area contributed by atoms with E-state index in [0.717, 1.165) is 0 Å². The number of aromatic nitrogens is 2. The Kier molecular flexibility index (Phi) is 4.17. The number of hydrogen-bond acceptors (Lipinski definition) is 3. The molecule has 0 aliphatic carbocycles. The summed E-state index contributed by atoms with van der Waals surface area (Å²) >= 11 is 11.8. The molecule has 0 radical (unpaired) electrons. The van der Waals surface area contributed by atoms with Crippen LogP contribution in [0.1, 0.15) is 34.2 Å². The molecule has 98 valence electrons. The fourth-order valence-corrected chi connectivity index (χ4v) is 2.06. The summed E-state index contributed by atoms with van der Waals surface area (Å²) in [5.74, 6) is -0.117. The zero-order valence-corrected chi connectivity index (χ0v) is 12.1. The van der Waals surface area contributed by atoms with Crippen LogP contribution in [0.3, 0.4) is 0 Å². The molecule has 1 aromatic carbocycles. The molecule has 0 N–H and O–H groups in total. The van der Waals surface area contributed by atoms with Gasteiger partial charge in [0, 0.05) is 11.1 Å². The second-order valence-electron chi connectivity index (χ2n) is 4.16. The van der Waals surface area contributed by atoms with Crippen LogP contribution < -0.4 is 0 Å². The van der Waals surface area contributed by atoms with E-state index in [2.05, 4.69) is 10.2 Å². The summed E-state index contributed by atoms with van der Waals surface area (Å²) in [6, 6.07) is 6.59. The Morgan fingerprint density at radius 2 is 1.89 bits per heavy atom. The summed E-state index contributed by atoms with van der Waals surface area (Å²) in [7, 11) is 0. The minimum Gasteiger partial charge on any atom is -0.289 e. The quantitative estimate of drug-likeness (QED) is 0.807. The summed E-state index contributed by atoms with van der Waals surface area (Å²) in [5, 5.41) is 8.82. The van der Waals surface area contributed by atoms with Crippen LogP contribution in [-0.4, -0.2) is 16.0 Å². The van der Waals surface area contributed by atoms with Crippen molar-refractivity contribution in [2.24, 2.45) is 0 Å². The van der Waals surface area contributed by atoms with Gasteiger partial charge in [0.05, 0.1) is 21.4 Å². The van der Waals surface area contributed by atoms with Crippen LogP contribution in [0.4, 0.5) is 0 Å². The van der Waals surface area contributed by atoms with E-state index in [9.17, 15) is 4.79 Å². The number of carbonyl (C=O) groups excluding carboxylic acids is 1. The van der Waals surface area contributed by atoms with E-state index in [1.165, 1.54) is 0 Å². The second kappa shape index (κ2) is 5.68. The maximum Gasteiger partial charge on any atom is 0.195 e. The van der Waals surface area contributed by atoms with Gasteiger partial charge >= 0.3 is 0 Å². The predicted octanol–water partition coefficient (Wildman–Crippen LogP) is 3.89. The largest absolute Gasteiger partial charge is 0.289 e. The molecule has 0 fully saturated rings. The zero-order chi connectivity index (χ0) is 14.0. The van der Waals surface area contributed by atoms with Crippen molar-refractivity contribution >= 4 is 29.0 Å². The third-order valence-corrected chi connectivity index (χ3v) is 3.49. The Morgan fingerprint density at radius 1 is 1.16 bits per heavy atom. The molecule has 0 unspecified atom stereocenters. The minimum absolute atomic E-state index is 0.117. The van der Waals surface area contributed by atoms with Crippen molar-refractivity contribution in [3.05, 3.63) is 56.8 Å². The summed E-state index contributed by atoms with van der Waals surface area (Å²) < 4.78 is 0. The first-order chi connectivity index (χ1) is 9.02. The topological polar surface area (TPSA) is 42.9 Å². The molecule has 0 saturated heterocycles. The monoisotopic (exact) mass is 294 g/mol. The molecule has 1 aromatic heterocycles. The van der Waals surface area contributed by atoms with E-state index in [4.69, 9.17) is 23.2 Å². The van der Waals surface area contributed by atoms with Crippen LogP contribution in [0.15, 0.2) is 24.3 Å². The number of rotatable bonds is 3. The molecular weight excluding hydrogens is 283 g/mol. The van der Waals surface area contributed by atoms with E-state index in [0.29, 0.717) is 39.0 Å². The smallest absolute Gasteiger partial charge is 0.195 e. The molecule has 1 heterocycles. The van der Waals surface area contributed by atoms with Gasteiger partial charge in [-0.2, -0.15) is 10.2 Å². The highest BCUT2D eigenvalue weighted by molar-refractivity contribution is 6.42. The number of nitrogens with zero attached hydrogens (tertiary/aromatic N) is 2. The first-order valence-corrected chi connectivity index (χ1v) is 6.61. The average Bonchev–Trinajstić information content (AvgIpc) is 2.41. The van der Waals surface area contributed by atoms with Crippen LogP contribution in [-0.2, 0) is 6.42 Å². The van der Waals surface area contributed by atoms with E-state index in [1.54, 1.807) is 31.2 Å². The summed E-state index contributed by atoms with van der Waals surface area (Å²) in [6.07, 6.45) is 0.648. The number of aryl methyl sites for hydroxylation is 2. The van der Waals surface area contributed by atoms with Crippen molar-refractivity contribution in [3.63, 3.8) is 0 Å². The zero-order valence-electron chi connectivity index (χ0n) is 10.6. The van der Waals surface area contributed by atoms with Gasteiger partial charge in [0.15, 0.2) is 5.78 Å². The minimum atomic E-state index is -0.117. The third kappa shape index (κ3) is 2.94. The number of ketones is 1. The molecule has 0 atom stereocenters. The van der Waals surface area contributed by atoms with Crippen molar-refractivity contribution in [1.82, 2.24) is 10.2 Å². The lowest BCUT2D eigenvalue weighted by molar-refractivity contribution is 0.103. The van der Waals surface area contributed by atoms with Gasteiger partial charge in [-0.25, -0.2) is 0 Å². The predicted molar refractivity (Wildman–Crippen MR) is 76.0 cm³/mol. The second-order valence-corrected chi connectivity index (χ2v) is 4.97. The van der Waals surface area contributed by atoms with Crippen molar-refractivity contribution in [1.29, 1.82) is 0 Å². The van der Waals surface area contributed by atoms with Crippen molar-refractivity contribution < 1.29 is 4.79 Å². The molecule has 0 bridgehead atoms. The van der Waals surface area contributed by atoms with Gasteiger partial charge in [-0.05, 0) is 37.6 Å². The molecule has 0 saturated carbocycles. The summed E-state index contributed by atoms with van der Waals surface area (Å²) in [4.78, 5) is 12.5. The highest BCUT2D eigenvalue weighted by atomic mass is 35.5. The molecule has 2 aromatic rings. The summed E-state index contributed by atoms with van der Waals surface area (Å²) in [5.41, 5.74) is 2.45. The first-order valence-electron chi connectivity index (χ1n) is 5.86. The summed E-state index contributed by atoms with van der Waals surface area (Å²) in [6.45, 7) is 3.74. The van der Waals surface area contributed by atoms with Gasteiger partial charge in [-0.3, -0.25) is 4.79 Å². The molecule has 0 aliphatic rings. The van der Waals surface area contributed by atoms with Gasteiger partial charge in [0.1, 0.15) is 0 Å². The Bertz CT molecular complexity index is 641. The van der Waals surface area contributed by atoms with Gasteiger partial charge in [-0.15, -0.1) is 0 Å². The standard InChI is InChI=1S/C14H12Cl2N2O/c1-3-13-10(6-8(2)17-18-13)14(19)9-4-5-11(15)12(16)7-9/h4-7H,3H2,1-2H3. The highest BCUT2D eigenvalue weighted by Crippen LogP contribution is 2.24. The van der Waals surface area contributed by atoms with Gasteiger partial charge in [-0.1, -0.05) is 30.1 Å². The van der Waals surface area contributed by atoms with Crippen LogP contribution >= 0.6 is 23.2 Å².